The van der Waals surface area contributed by atoms with E-state index < -0.39 is 0 Å². The van der Waals surface area contributed by atoms with E-state index in [0.29, 0.717) is 6.42 Å². The standard InChI is InChI=1S/C19H15BrO/c1-13-6-2-3-7-14(13)12-19(21)17-10-11-18(20)16-9-5-4-8-15(16)17/h2-11H,12H2,1H3. The van der Waals surface area contributed by atoms with E-state index in [1.165, 1.54) is 0 Å². The van der Waals surface area contributed by atoms with Gasteiger partial charge in [-0.05, 0) is 41.0 Å². The Kier molecular flexibility index (Phi) is 3.89. The van der Waals surface area contributed by atoms with Gasteiger partial charge in [0.1, 0.15) is 0 Å². The summed E-state index contributed by atoms with van der Waals surface area (Å²) in [4.78, 5) is 12.7. The van der Waals surface area contributed by atoms with Crippen LogP contribution in [-0.2, 0) is 6.42 Å². The number of ketones is 1. The maximum atomic E-state index is 12.7. The molecule has 0 radical (unpaired) electrons. The van der Waals surface area contributed by atoms with Crippen LogP contribution < -0.4 is 0 Å². The van der Waals surface area contributed by atoms with Crippen LogP contribution in [-0.4, -0.2) is 5.78 Å². The predicted molar refractivity (Wildman–Crippen MR) is 90.9 cm³/mol. The molecule has 0 N–H and O–H groups in total. The van der Waals surface area contributed by atoms with E-state index in [1.54, 1.807) is 0 Å². The van der Waals surface area contributed by atoms with E-state index in [0.717, 1.165) is 31.9 Å². The SMILES string of the molecule is Cc1ccccc1CC(=O)c1ccc(Br)c2ccccc12. The van der Waals surface area contributed by atoms with Crippen molar-refractivity contribution in [1.82, 2.24) is 0 Å². The first kappa shape index (κ1) is 14.0. The van der Waals surface area contributed by atoms with Crippen molar-refractivity contribution in [3.8, 4) is 0 Å². The zero-order chi connectivity index (χ0) is 14.8. The van der Waals surface area contributed by atoms with Gasteiger partial charge in [0.2, 0.25) is 0 Å². The lowest BCUT2D eigenvalue weighted by Gasteiger charge is -2.09. The molecule has 3 rings (SSSR count). The number of carbonyl (C=O) groups is 1. The molecule has 3 aromatic carbocycles. The smallest absolute Gasteiger partial charge is 0.167 e. The van der Waals surface area contributed by atoms with Gasteiger partial charge < -0.3 is 0 Å². The van der Waals surface area contributed by atoms with Crippen LogP contribution in [0.15, 0.2) is 65.1 Å². The number of benzene rings is 3. The van der Waals surface area contributed by atoms with Gasteiger partial charge in [-0.2, -0.15) is 0 Å². The summed E-state index contributed by atoms with van der Waals surface area (Å²) in [7, 11) is 0. The third-order valence-corrected chi connectivity index (χ3v) is 4.48. The van der Waals surface area contributed by atoms with Crippen LogP contribution in [0.25, 0.3) is 10.8 Å². The van der Waals surface area contributed by atoms with Crippen molar-refractivity contribution in [3.05, 3.63) is 81.8 Å². The highest BCUT2D eigenvalue weighted by molar-refractivity contribution is 9.10. The molecule has 0 heterocycles. The largest absolute Gasteiger partial charge is 0.294 e. The number of hydrogen-bond donors (Lipinski definition) is 0. The molecule has 21 heavy (non-hydrogen) atoms. The van der Waals surface area contributed by atoms with Crippen LogP contribution in [0.3, 0.4) is 0 Å². The maximum Gasteiger partial charge on any atom is 0.167 e. The lowest BCUT2D eigenvalue weighted by Crippen LogP contribution is -2.05. The molecule has 0 saturated heterocycles. The summed E-state index contributed by atoms with van der Waals surface area (Å²) in [5.41, 5.74) is 3.04. The van der Waals surface area contributed by atoms with E-state index in [9.17, 15) is 4.79 Å². The summed E-state index contributed by atoms with van der Waals surface area (Å²) >= 11 is 3.55. The summed E-state index contributed by atoms with van der Waals surface area (Å²) in [5.74, 6) is 0.160. The van der Waals surface area contributed by atoms with Crippen LogP contribution in [0.4, 0.5) is 0 Å². The van der Waals surface area contributed by atoms with E-state index in [4.69, 9.17) is 0 Å². The first-order chi connectivity index (χ1) is 10.2. The van der Waals surface area contributed by atoms with Gasteiger partial charge in [-0.25, -0.2) is 0 Å². The Hall–Kier alpha value is -1.93. The Morgan fingerprint density at radius 1 is 0.905 bits per heavy atom. The first-order valence-electron chi connectivity index (χ1n) is 6.92. The molecule has 0 aliphatic carbocycles. The molecule has 0 aromatic heterocycles. The molecule has 104 valence electrons. The van der Waals surface area contributed by atoms with Crippen molar-refractivity contribution < 1.29 is 4.79 Å². The van der Waals surface area contributed by atoms with Crippen molar-refractivity contribution in [3.63, 3.8) is 0 Å². The van der Waals surface area contributed by atoms with Crippen LogP contribution in [0, 0.1) is 6.92 Å². The summed E-state index contributed by atoms with van der Waals surface area (Å²) in [6.07, 6.45) is 0.443. The third-order valence-electron chi connectivity index (χ3n) is 3.78. The van der Waals surface area contributed by atoms with Gasteiger partial charge in [0.05, 0.1) is 0 Å². The normalized spacial score (nSPS) is 10.8. The Balaban J connectivity index is 2.03. The predicted octanol–water partition coefficient (Wildman–Crippen LogP) is 5.34. The lowest BCUT2D eigenvalue weighted by molar-refractivity contribution is 0.0994. The molecular weight excluding hydrogens is 324 g/mol. The van der Waals surface area contributed by atoms with Crippen molar-refractivity contribution in [2.45, 2.75) is 13.3 Å². The number of Topliss-reactive ketones (excluding diaryl/α,β-unsaturated/α-hetero) is 1. The Morgan fingerprint density at radius 2 is 1.57 bits per heavy atom. The van der Waals surface area contributed by atoms with Crippen molar-refractivity contribution in [1.29, 1.82) is 0 Å². The minimum absolute atomic E-state index is 0.160. The zero-order valence-corrected chi connectivity index (χ0v) is 13.4. The van der Waals surface area contributed by atoms with Crippen LogP contribution in [0.2, 0.25) is 0 Å². The van der Waals surface area contributed by atoms with Gasteiger partial charge >= 0.3 is 0 Å². The summed E-state index contributed by atoms with van der Waals surface area (Å²) in [5, 5.41) is 2.08. The molecule has 2 heteroatoms. The fourth-order valence-corrected chi connectivity index (χ4v) is 3.06. The highest BCUT2D eigenvalue weighted by Gasteiger charge is 2.13. The van der Waals surface area contributed by atoms with Crippen molar-refractivity contribution >= 4 is 32.5 Å². The quantitative estimate of drug-likeness (QED) is 0.589. The summed E-state index contributed by atoms with van der Waals surface area (Å²) < 4.78 is 1.02. The molecule has 3 aromatic rings. The molecule has 0 atom stereocenters. The Labute approximate surface area is 132 Å². The molecule has 0 amide bonds. The van der Waals surface area contributed by atoms with E-state index in [1.807, 2.05) is 67.6 Å². The molecule has 0 unspecified atom stereocenters. The van der Waals surface area contributed by atoms with Gasteiger partial charge in [0.25, 0.3) is 0 Å². The second-order valence-corrected chi connectivity index (χ2v) is 6.02. The second-order valence-electron chi connectivity index (χ2n) is 5.17. The van der Waals surface area contributed by atoms with Gasteiger partial charge in [-0.15, -0.1) is 0 Å². The molecular formula is C19H15BrO. The molecule has 0 fully saturated rings. The van der Waals surface area contributed by atoms with E-state index in [-0.39, 0.29) is 5.78 Å². The number of rotatable bonds is 3. The minimum atomic E-state index is 0.160. The minimum Gasteiger partial charge on any atom is -0.294 e. The van der Waals surface area contributed by atoms with E-state index in [2.05, 4.69) is 15.9 Å². The highest BCUT2D eigenvalue weighted by atomic mass is 79.9. The van der Waals surface area contributed by atoms with Crippen LogP contribution >= 0.6 is 15.9 Å². The molecule has 0 aliphatic rings. The molecule has 0 spiro atoms. The number of halogens is 1. The molecule has 0 saturated carbocycles. The fraction of sp³-hybridized carbons (Fsp3) is 0.105. The third kappa shape index (κ3) is 2.77. The van der Waals surface area contributed by atoms with Gasteiger partial charge in [-0.1, -0.05) is 64.5 Å². The van der Waals surface area contributed by atoms with Gasteiger partial charge in [0.15, 0.2) is 5.78 Å². The number of aryl methyl sites for hydroxylation is 1. The van der Waals surface area contributed by atoms with Crippen LogP contribution in [0.1, 0.15) is 21.5 Å². The average Bonchev–Trinajstić information content (AvgIpc) is 2.50. The van der Waals surface area contributed by atoms with E-state index >= 15 is 0 Å². The monoisotopic (exact) mass is 338 g/mol. The van der Waals surface area contributed by atoms with Gasteiger partial charge in [0, 0.05) is 16.5 Å². The summed E-state index contributed by atoms with van der Waals surface area (Å²) in [6, 6.07) is 19.9. The fourth-order valence-electron chi connectivity index (χ4n) is 2.58. The molecule has 1 nitrogen and oxygen atoms in total. The zero-order valence-electron chi connectivity index (χ0n) is 11.8. The average molecular weight is 339 g/mol. The second kappa shape index (κ2) is 5.82. The first-order valence-corrected chi connectivity index (χ1v) is 7.71. The number of hydrogen-bond acceptors (Lipinski definition) is 1. The number of carbonyl (C=O) groups excluding carboxylic acids is 1. The topological polar surface area (TPSA) is 17.1 Å². The Bertz CT molecular complexity index is 821. The van der Waals surface area contributed by atoms with Crippen molar-refractivity contribution in [2.24, 2.45) is 0 Å². The Morgan fingerprint density at radius 3 is 2.33 bits per heavy atom. The van der Waals surface area contributed by atoms with Crippen molar-refractivity contribution in [2.75, 3.05) is 0 Å². The molecule has 0 bridgehead atoms. The molecule has 0 aliphatic heterocycles. The maximum absolute atomic E-state index is 12.7. The van der Waals surface area contributed by atoms with Crippen LogP contribution in [0.5, 0.6) is 0 Å². The lowest BCUT2D eigenvalue weighted by atomic mass is 9.96. The summed E-state index contributed by atoms with van der Waals surface area (Å²) in [6.45, 7) is 2.04. The number of fused-ring (bicyclic) bond motifs is 1. The highest BCUT2D eigenvalue weighted by Crippen LogP contribution is 2.27. The van der Waals surface area contributed by atoms with Gasteiger partial charge in [-0.3, -0.25) is 4.79 Å².